The normalized spacial score (nSPS) is 11.2. The zero-order valence-electron chi connectivity index (χ0n) is 12.9. The number of phenols is 1. The number of hydrogen-bond donors (Lipinski definition) is 1. The van der Waals surface area contributed by atoms with E-state index in [4.69, 9.17) is 4.42 Å². The quantitative estimate of drug-likeness (QED) is 0.484. The lowest BCUT2D eigenvalue weighted by molar-refractivity contribution is 0.289. The molecular weight excluding hydrogens is 390 g/mol. The van der Waals surface area contributed by atoms with Crippen LogP contribution in [0, 0.1) is 0 Å². The highest BCUT2D eigenvalue weighted by Crippen LogP contribution is 2.26. The summed E-state index contributed by atoms with van der Waals surface area (Å²) in [6, 6.07) is 10.5. The van der Waals surface area contributed by atoms with Crippen molar-refractivity contribution in [3.8, 4) is 5.75 Å². The summed E-state index contributed by atoms with van der Waals surface area (Å²) in [5.41, 5.74) is 0.856. The molecule has 3 rings (SSSR count). The lowest BCUT2D eigenvalue weighted by Gasteiger charge is -2.20. The second-order valence-corrected chi connectivity index (χ2v) is 7.98. The van der Waals surface area contributed by atoms with Crippen LogP contribution >= 0.6 is 27.3 Å². The van der Waals surface area contributed by atoms with E-state index in [1.165, 1.54) is 17.0 Å². The molecule has 2 heterocycles. The standard InChI is InChI=1S/C18H16BrNO3S/c1-2-7-20(11-14-4-6-17(19)24-14)10-12-8-18(22)23-16-9-13(21)3-5-15(12)16/h2-6,8-9,21H,1,7,10-11H2. The minimum atomic E-state index is -0.416. The first-order valence-electron chi connectivity index (χ1n) is 7.38. The minimum Gasteiger partial charge on any atom is -0.508 e. The van der Waals surface area contributed by atoms with Gasteiger partial charge in [0.2, 0.25) is 0 Å². The molecule has 4 nitrogen and oxygen atoms in total. The second kappa shape index (κ2) is 7.34. The fourth-order valence-electron chi connectivity index (χ4n) is 2.61. The zero-order chi connectivity index (χ0) is 17.1. The summed E-state index contributed by atoms with van der Waals surface area (Å²) in [4.78, 5) is 15.3. The average Bonchev–Trinajstić information content (AvgIpc) is 2.92. The van der Waals surface area contributed by atoms with Crippen LogP contribution in [0.25, 0.3) is 11.0 Å². The number of benzene rings is 1. The Morgan fingerprint density at radius 3 is 2.79 bits per heavy atom. The van der Waals surface area contributed by atoms with E-state index in [0.29, 0.717) is 18.7 Å². The molecule has 0 radical (unpaired) electrons. The molecule has 0 atom stereocenters. The monoisotopic (exact) mass is 405 g/mol. The summed E-state index contributed by atoms with van der Waals surface area (Å²) < 4.78 is 6.28. The van der Waals surface area contributed by atoms with Crippen LogP contribution in [0.15, 0.2) is 62.1 Å². The van der Waals surface area contributed by atoms with Crippen molar-refractivity contribution in [1.82, 2.24) is 4.90 Å². The maximum atomic E-state index is 11.8. The number of nitrogens with zero attached hydrogens (tertiary/aromatic N) is 1. The number of phenolic OH excluding ortho intramolecular Hbond substituents is 1. The van der Waals surface area contributed by atoms with Crippen LogP contribution < -0.4 is 5.63 Å². The van der Waals surface area contributed by atoms with E-state index in [0.717, 1.165) is 21.3 Å². The molecule has 2 aromatic heterocycles. The topological polar surface area (TPSA) is 53.7 Å². The van der Waals surface area contributed by atoms with Gasteiger partial charge in [0.15, 0.2) is 0 Å². The third-order valence-electron chi connectivity index (χ3n) is 3.60. The van der Waals surface area contributed by atoms with E-state index in [9.17, 15) is 9.90 Å². The molecule has 0 aliphatic carbocycles. The Kier molecular flexibility index (Phi) is 5.18. The van der Waals surface area contributed by atoms with Gasteiger partial charge in [0.25, 0.3) is 0 Å². The summed E-state index contributed by atoms with van der Waals surface area (Å²) in [6.07, 6.45) is 1.85. The summed E-state index contributed by atoms with van der Waals surface area (Å²) >= 11 is 5.17. The number of aromatic hydroxyl groups is 1. The van der Waals surface area contributed by atoms with Crippen molar-refractivity contribution in [2.45, 2.75) is 13.1 Å². The van der Waals surface area contributed by atoms with Gasteiger partial charge >= 0.3 is 5.63 Å². The van der Waals surface area contributed by atoms with Crippen molar-refractivity contribution in [3.05, 3.63) is 73.7 Å². The maximum Gasteiger partial charge on any atom is 0.336 e. The Morgan fingerprint density at radius 1 is 1.25 bits per heavy atom. The fourth-order valence-corrected chi connectivity index (χ4v) is 4.14. The van der Waals surface area contributed by atoms with Crippen LogP contribution in [0.4, 0.5) is 0 Å². The highest BCUT2D eigenvalue weighted by atomic mass is 79.9. The molecule has 0 bridgehead atoms. The third-order valence-corrected chi connectivity index (χ3v) is 5.21. The third kappa shape index (κ3) is 3.95. The molecule has 1 aromatic carbocycles. The largest absolute Gasteiger partial charge is 0.508 e. The van der Waals surface area contributed by atoms with Gasteiger partial charge < -0.3 is 9.52 Å². The van der Waals surface area contributed by atoms with E-state index >= 15 is 0 Å². The average molecular weight is 406 g/mol. The Bertz CT molecular complexity index is 931. The first-order chi connectivity index (χ1) is 11.5. The second-order valence-electron chi connectivity index (χ2n) is 5.44. The molecule has 3 aromatic rings. The first-order valence-corrected chi connectivity index (χ1v) is 8.99. The summed E-state index contributed by atoms with van der Waals surface area (Å²) in [6.45, 7) is 5.88. The maximum absolute atomic E-state index is 11.8. The van der Waals surface area contributed by atoms with Crippen molar-refractivity contribution in [1.29, 1.82) is 0 Å². The molecule has 124 valence electrons. The van der Waals surface area contributed by atoms with Crippen LogP contribution in [-0.2, 0) is 13.1 Å². The molecule has 0 spiro atoms. The SMILES string of the molecule is C=CCN(Cc1ccc(Br)s1)Cc1cc(=O)oc2cc(O)ccc12. The van der Waals surface area contributed by atoms with Gasteiger partial charge in [0.05, 0.1) is 3.79 Å². The Labute approximate surface area is 151 Å². The Balaban J connectivity index is 1.93. The summed E-state index contributed by atoms with van der Waals surface area (Å²) in [5.74, 6) is 0.0779. The predicted octanol–water partition coefficient (Wildman–Crippen LogP) is 4.51. The van der Waals surface area contributed by atoms with Gasteiger partial charge in [-0.05, 0) is 45.8 Å². The van der Waals surface area contributed by atoms with Crippen LogP contribution in [0.1, 0.15) is 10.4 Å². The highest BCUT2D eigenvalue weighted by Gasteiger charge is 2.12. The van der Waals surface area contributed by atoms with Crippen LogP contribution in [0.3, 0.4) is 0 Å². The van der Waals surface area contributed by atoms with E-state index in [1.807, 2.05) is 12.1 Å². The molecule has 0 fully saturated rings. The Hall–Kier alpha value is -1.89. The molecule has 0 aliphatic heterocycles. The van der Waals surface area contributed by atoms with Crippen LogP contribution in [0.2, 0.25) is 0 Å². The minimum absolute atomic E-state index is 0.0779. The van der Waals surface area contributed by atoms with Gasteiger partial charge in [-0.25, -0.2) is 4.79 Å². The zero-order valence-corrected chi connectivity index (χ0v) is 15.3. The van der Waals surface area contributed by atoms with Crippen molar-refractivity contribution < 1.29 is 9.52 Å². The number of thiophene rings is 1. The number of rotatable bonds is 6. The molecule has 0 unspecified atom stereocenters. The van der Waals surface area contributed by atoms with E-state index < -0.39 is 5.63 Å². The Morgan fingerprint density at radius 2 is 2.08 bits per heavy atom. The van der Waals surface area contributed by atoms with Crippen molar-refractivity contribution in [3.63, 3.8) is 0 Å². The molecule has 0 aliphatic rings. The molecule has 6 heteroatoms. The van der Waals surface area contributed by atoms with Crippen molar-refractivity contribution >= 4 is 38.2 Å². The van der Waals surface area contributed by atoms with E-state index in [2.05, 4.69) is 33.5 Å². The number of halogens is 1. The van der Waals surface area contributed by atoms with E-state index in [-0.39, 0.29) is 5.75 Å². The van der Waals surface area contributed by atoms with Gasteiger partial charge in [-0.3, -0.25) is 4.90 Å². The number of hydrogen-bond acceptors (Lipinski definition) is 5. The molecule has 1 N–H and O–H groups in total. The predicted molar refractivity (Wildman–Crippen MR) is 100 cm³/mol. The van der Waals surface area contributed by atoms with Crippen molar-refractivity contribution in [2.75, 3.05) is 6.54 Å². The molecule has 0 saturated carbocycles. The lowest BCUT2D eigenvalue weighted by Crippen LogP contribution is -2.23. The van der Waals surface area contributed by atoms with Gasteiger partial charge in [0.1, 0.15) is 11.3 Å². The van der Waals surface area contributed by atoms with Gasteiger partial charge in [-0.15, -0.1) is 17.9 Å². The highest BCUT2D eigenvalue weighted by molar-refractivity contribution is 9.11. The first kappa shape index (κ1) is 17.0. The van der Waals surface area contributed by atoms with Gasteiger partial charge in [-0.1, -0.05) is 6.08 Å². The van der Waals surface area contributed by atoms with E-state index in [1.54, 1.807) is 23.5 Å². The summed E-state index contributed by atoms with van der Waals surface area (Å²) in [5, 5.41) is 10.4. The molecule has 0 amide bonds. The molecular formula is C18H16BrNO3S. The number of fused-ring (bicyclic) bond motifs is 1. The molecule has 24 heavy (non-hydrogen) atoms. The van der Waals surface area contributed by atoms with Crippen LogP contribution in [-0.4, -0.2) is 16.6 Å². The van der Waals surface area contributed by atoms with Gasteiger partial charge in [-0.2, -0.15) is 0 Å². The summed E-state index contributed by atoms with van der Waals surface area (Å²) in [7, 11) is 0. The fraction of sp³-hybridized carbons (Fsp3) is 0.167. The van der Waals surface area contributed by atoms with Crippen molar-refractivity contribution in [2.24, 2.45) is 0 Å². The smallest absolute Gasteiger partial charge is 0.336 e. The van der Waals surface area contributed by atoms with Gasteiger partial charge in [0, 0.05) is 42.0 Å². The van der Waals surface area contributed by atoms with Crippen LogP contribution in [0.5, 0.6) is 5.75 Å². The lowest BCUT2D eigenvalue weighted by atomic mass is 10.1. The molecule has 0 saturated heterocycles.